The van der Waals surface area contributed by atoms with Crippen molar-refractivity contribution >= 4 is 26.3 Å². The van der Waals surface area contributed by atoms with Crippen LogP contribution < -0.4 is 39.1 Å². The van der Waals surface area contributed by atoms with Crippen LogP contribution in [0.1, 0.15) is 87.9 Å². The van der Waals surface area contributed by atoms with Crippen LogP contribution >= 0.6 is 0 Å². The lowest BCUT2D eigenvalue weighted by molar-refractivity contribution is 0.0258. The van der Waals surface area contributed by atoms with Gasteiger partial charge in [-0.2, -0.15) is 16.8 Å². The third-order valence-electron chi connectivity index (χ3n) is 16.4. The van der Waals surface area contributed by atoms with Crippen molar-refractivity contribution < 1.29 is 63.9 Å². The van der Waals surface area contributed by atoms with Gasteiger partial charge in [-0.3, -0.25) is 24.1 Å². The monoisotopic (exact) mass is 1410 g/mol. The minimum Gasteiger partial charge on any atom is -0.496 e. The van der Waals surface area contributed by atoms with Crippen molar-refractivity contribution in [3.05, 3.63) is 231 Å². The molecule has 3 aliphatic heterocycles. The second kappa shape index (κ2) is 36.8. The highest BCUT2D eigenvalue weighted by Gasteiger charge is 2.26. The van der Waals surface area contributed by atoms with Crippen molar-refractivity contribution in [2.24, 2.45) is 0 Å². The number of hydrogen-bond donors (Lipinski definition) is 4. The zero-order chi connectivity index (χ0) is 72.7. The summed E-state index contributed by atoms with van der Waals surface area (Å²) >= 11 is 0. The lowest BCUT2D eigenvalue weighted by Gasteiger charge is -2.26. The highest BCUT2D eigenvalue weighted by molar-refractivity contribution is 7.85. The van der Waals surface area contributed by atoms with Crippen LogP contribution in [0, 0.1) is 20.8 Å². The molecule has 0 atom stereocenters. The molecule has 3 aliphatic rings. The van der Waals surface area contributed by atoms with Crippen LogP contribution in [0.5, 0.6) is 34.5 Å². The second-order valence-electron chi connectivity index (χ2n) is 25.7. The predicted octanol–water partition coefficient (Wildman–Crippen LogP) is 13.7. The maximum Gasteiger partial charge on any atom is 0.410 e. The van der Waals surface area contributed by atoms with E-state index in [9.17, 15) is 21.6 Å². The molecular formula is C79H94N6O14S2. The van der Waals surface area contributed by atoms with Crippen molar-refractivity contribution in [1.82, 2.24) is 30.5 Å². The van der Waals surface area contributed by atoms with E-state index in [1.807, 2.05) is 119 Å². The summed E-state index contributed by atoms with van der Waals surface area (Å²) < 4.78 is 93.0. The number of rotatable bonds is 15. The lowest BCUT2D eigenvalue weighted by atomic mass is 9.95. The Kier molecular flexibility index (Phi) is 28.2. The van der Waals surface area contributed by atoms with Crippen molar-refractivity contribution in [3.8, 4) is 67.9 Å². The molecule has 6 aromatic carbocycles. The number of benzene rings is 6. The number of pyridine rings is 3. The molecule has 12 rings (SSSR count). The molecule has 0 saturated heterocycles. The van der Waals surface area contributed by atoms with Crippen molar-refractivity contribution in [1.29, 1.82) is 0 Å². The van der Waals surface area contributed by atoms with Gasteiger partial charge in [0.25, 0.3) is 20.2 Å². The van der Waals surface area contributed by atoms with Gasteiger partial charge in [-0.25, -0.2) is 4.79 Å². The summed E-state index contributed by atoms with van der Waals surface area (Å²) in [5, 5.41) is 6.95. The van der Waals surface area contributed by atoms with Gasteiger partial charge in [0, 0.05) is 31.7 Å². The fourth-order valence-electron chi connectivity index (χ4n) is 11.8. The van der Waals surface area contributed by atoms with Crippen LogP contribution in [0.2, 0.25) is 0 Å². The van der Waals surface area contributed by atoms with Crippen molar-refractivity contribution in [2.45, 2.75) is 105 Å². The summed E-state index contributed by atoms with van der Waals surface area (Å²) in [6.45, 7) is 18.5. The van der Waals surface area contributed by atoms with Crippen molar-refractivity contribution in [3.63, 3.8) is 0 Å². The minimum atomic E-state index is -3.67. The van der Waals surface area contributed by atoms with Gasteiger partial charge < -0.3 is 48.7 Å². The molecule has 0 radical (unpaired) electrons. The molecule has 101 heavy (non-hydrogen) atoms. The van der Waals surface area contributed by atoms with Crippen LogP contribution in [0.25, 0.3) is 33.4 Å². The van der Waals surface area contributed by atoms with E-state index >= 15 is 0 Å². The molecule has 9 aromatic rings. The highest BCUT2D eigenvalue weighted by atomic mass is 32.2. The second-order valence-corrected chi connectivity index (χ2v) is 28.7. The van der Waals surface area contributed by atoms with Crippen molar-refractivity contribution in [2.75, 3.05) is 73.1 Å². The molecule has 1 amide bonds. The average Bonchev–Trinajstić information content (AvgIpc) is 1.63. The Hall–Kier alpha value is -9.42. The summed E-state index contributed by atoms with van der Waals surface area (Å²) in [6.07, 6.45) is 12.4. The molecule has 0 unspecified atom stereocenters. The number of ether oxygens (including phenoxy) is 7. The third-order valence-corrected chi connectivity index (χ3v) is 16.4. The number of fused-ring (bicyclic) bond motifs is 3. The third kappa shape index (κ3) is 24.7. The summed E-state index contributed by atoms with van der Waals surface area (Å²) in [4.78, 5) is 27.6. The standard InChI is InChI=1S/C29H34N2O4.2C24H26N2O2.2CH4O3S/c1-20-11-14-30-24(17-20)19-34-26-8-6-7-25(33-5)27(26)23-10-9-21-12-15-31(16-13-22(21)18-23)28(32)35-29(2,3)4;2*1-17-8-13-26-21(14-17)16-28-23-5-3-4-22(27-2)24(23)20-7-6-18-9-11-25-12-10-19(18)15-20;2*1-5(2,3)4/h6-11,14,17-18H,12-13,15-16,19H2,1-5H3;2*3-8,13-15,25H,9-12,16H2,1-2H3;2*1H3,(H,2,3,4). The first-order chi connectivity index (χ1) is 48.2. The van der Waals surface area contributed by atoms with Gasteiger partial charge in [0.15, 0.2) is 0 Å². The molecule has 22 heteroatoms. The number of aryl methyl sites for hydroxylation is 3. The fraction of sp³-hybridized carbons (Fsp3) is 0.342. The molecule has 0 bridgehead atoms. The zero-order valence-electron chi connectivity index (χ0n) is 59.6. The number of hydrogen-bond acceptors (Lipinski definition) is 17. The largest absolute Gasteiger partial charge is 0.496 e. The first kappa shape index (κ1) is 77.3. The maximum absolute atomic E-state index is 12.6. The van der Waals surface area contributed by atoms with Gasteiger partial charge in [-0.05, 0) is 246 Å². The molecule has 3 aromatic heterocycles. The van der Waals surface area contributed by atoms with E-state index in [1.54, 1.807) is 32.4 Å². The lowest BCUT2D eigenvalue weighted by Crippen LogP contribution is -2.38. The van der Waals surface area contributed by atoms with Crippen LogP contribution in [-0.4, -0.2) is 131 Å². The van der Waals surface area contributed by atoms with E-state index in [-0.39, 0.29) is 6.09 Å². The fourth-order valence-corrected chi connectivity index (χ4v) is 11.8. The summed E-state index contributed by atoms with van der Waals surface area (Å²) in [6, 6.07) is 49.7. The van der Waals surface area contributed by atoms with E-state index in [1.165, 1.54) is 44.5 Å². The van der Waals surface area contributed by atoms with E-state index in [2.05, 4.69) is 106 Å². The van der Waals surface area contributed by atoms with Gasteiger partial charge in [0.1, 0.15) is 59.9 Å². The Balaban J connectivity index is 0.000000181. The molecule has 0 saturated carbocycles. The van der Waals surface area contributed by atoms with Gasteiger partial charge in [-0.15, -0.1) is 0 Å². The number of aromatic nitrogens is 3. The maximum atomic E-state index is 12.6. The Morgan fingerprint density at radius 3 is 1.03 bits per heavy atom. The molecule has 0 spiro atoms. The number of nitrogens with one attached hydrogen (secondary N) is 2. The Morgan fingerprint density at radius 2 is 0.723 bits per heavy atom. The molecule has 0 fully saturated rings. The van der Waals surface area contributed by atoms with Gasteiger partial charge in [0.2, 0.25) is 0 Å². The number of methoxy groups -OCH3 is 3. The SMILES string of the molecule is COc1cccc(OCc2cc(C)ccn2)c1-c1ccc2c(c1)CCN(C(=O)OC(C)(C)C)CC2.COc1cccc(OCc2cc(C)ccn2)c1-c1ccc2c(c1)CCNCC2.COc1cccc(OCc2cc(C)ccn2)c1-c1ccc2c(c1)CCNCC2.CS(=O)(=O)O.CS(=O)(=O)O. The Morgan fingerprint density at radius 1 is 0.436 bits per heavy atom. The number of amides is 1. The molecule has 0 aliphatic carbocycles. The van der Waals surface area contributed by atoms with E-state index < -0.39 is 25.8 Å². The number of nitrogens with zero attached hydrogens (tertiary/aromatic N) is 4. The zero-order valence-corrected chi connectivity index (χ0v) is 61.2. The normalized spacial score (nSPS) is 13.3. The first-order valence-corrected chi connectivity index (χ1v) is 37.2. The van der Waals surface area contributed by atoms with Gasteiger partial charge in [0.05, 0.1) is 67.6 Å². The van der Waals surface area contributed by atoms with E-state index in [0.717, 1.165) is 155 Å². The molecule has 6 heterocycles. The number of carbonyl (C=O) groups is 1. The summed E-state index contributed by atoms with van der Waals surface area (Å²) in [5.41, 5.74) is 20.1. The minimum absolute atomic E-state index is 0.254. The molecule has 20 nitrogen and oxygen atoms in total. The highest BCUT2D eigenvalue weighted by Crippen LogP contribution is 2.43. The topological polar surface area (TPSA) is 256 Å². The first-order valence-electron chi connectivity index (χ1n) is 33.5. The quantitative estimate of drug-likeness (QED) is 0.0696. The van der Waals surface area contributed by atoms with Crippen LogP contribution in [0.3, 0.4) is 0 Å². The smallest absolute Gasteiger partial charge is 0.410 e. The summed E-state index contributed by atoms with van der Waals surface area (Å²) in [5.74, 6) is 4.77. The average molecular weight is 1420 g/mol. The molecular weight excluding hydrogens is 1320 g/mol. The van der Waals surface area contributed by atoms with Gasteiger partial charge >= 0.3 is 6.09 Å². The molecule has 4 N–H and O–H groups in total. The Bertz CT molecular complexity index is 4280. The Labute approximate surface area is 595 Å². The van der Waals surface area contributed by atoms with E-state index in [0.29, 0.717) is 45.4 Å². The molecule has 536 valence electrons. The van der Waals surface area contributed by atoms with Crippen LogP contribution in [-0.2, 0) is 83.3 Å². The predicted molar refractivity (Wildman–Crippen MR) is 396 cm³/mol. The summed E-state index contributed by atoms with van der Waals surface area (Å²) in [7, 11) is -2.25. The van der Waals surface area contributed by atoms with Crippen LogP contribution in [0.15, 0.2) is 164 Å². The van der Waals surface area contributed by atoms with Crippen LogP contribution in [0.4, 0.5) is 4.79 Å². The van der Waals surface area contributed by atoms with Gasteiger partial charge in [-0.1, -0.05) is 72.8 Å². The van der Waals surface area contributed by atoms with E-state index in [4.69, 9.17) is 42.3 Å². The number of carbonyl (C=O) groups excluding carboxylic acids is 1.